The Morgan fingerprint density at radius 1 is 1.17 bits per heavy atom. The summed E-state index contributed by atoms with van der Waals surface area (Å²) in [5.74, 6) is -1.14. The van der Waals surface area contributed by atoms with E-state index in [1.54, 1.807) is 0 Å². The van der Waals surface area contributed by atoms with Gasteiger partial charge >= 0.3 is 31.7 Å². The fourth-order valence-electron chi connectivity index (χ4n) is 4.31. The first-order valence-corrected chi connectivity index (χ1v) is 18.3. The zero-order valence-corrected chi connectivity index (χ0v) is 21.1. The Bertz CT molecular complexity index is 627. The van der Waals surface area contributed by atoms with Crippen LogP contribution in [-0.2, 0) is 26.7 Å². The number of carbonyl (C=O) groups excluding carboxylic acids is 2. The number of hydrogen-bond donors (Lipinski definition) is 2. The van der Waals surface area contributed by atoms with Crippen LogP contribution in [0.3, 0.4) is 0 Å². The largest absolute Gasteiger partial charge is 0.458 e. The van der Waals surface area contributed by atoms with Gasteiger partial charge in [0.1, 0.15) is 6.10 Å². The number of esters is 1. The molecule has 3 N–H and O–H groups in total. The fourth-order valence-corrected chi connectivity index (χ4v) is 20.7. The van der Waals surface area contributed by atoms with Gasteiger partial charge in [0.05, 0.1) is 6.10 Å². The van der Waals surface area contributed by atoms with Crippen molar-refractivity contribution in [3.63, 3.8) is 0 Å². The molecule has 1 aliphatic carbocycles. The maximum Gasteiger partial charge on any atom is 0.331 e. The number of aliphatic hydroxyl groups is 1. The highest BCUT2D eigenvalue weighted by Crippen LogP contribution is 2.37. The number of rotatable bonds is 7. The van der Waals surface area contributed by atoms with Crippen molar-refractivity contribution in [2.75, 3.05) is 0 Å². The summed E-state index contributed by atoms with van der Waals surface area (Å²) in [5, 5.41) is 10.2. The number of nitrogens with two attached hydrogens (primary N) is 1. The van der Waals surface area contributed by atoms with Gasteiger partial charge in [-0.1, -0.05) is 6.58 Å². The molecule has 1 saturated carbocycles. The zero-order chi connectivity index (χ0) is 22.0. The topological polar surface area (TPSA) is 117 Å². The lowest BCUT2D eigenvalue weighted by Gasteiger charge is -2.48. The molecule has 2 fully saturated rings. The number of carbonyl (C=O) groups is 2. The van der Waals surface area contributed by atoms with Gasteiger partial charge in [-0.05, 0) is 76.5 Å². The molecule has 29 heavy (non-hydrogen) atoms. The van der Waals surface area contributed by atoms with E-state index < -0.39 is 55.7 Å². The zero-order valence-electron chi connectivity index (χ0n) is 18.1. The molecule has 11 heteroatoms. The molecule has 0 bridgehead atoms. The summed E-state index contributed by atoms with van der Waals surface area (Å²) in [4.78, 5) is 23.6. The summed E-state index contributed by atoms with van der Waals surface area (Å²) in [6.07, 6.45) is 2.38. The summed E-state index contributed by atoms with van der Waals surface area (Å²) in [6, 6.07) is -0.561. The van der Waals surface area contributed by atoms with Crippen LogP contribution in [0.25, 0.3) is 0 Å². The lowest BCUT2D eigenvalue weighted by molar-refractivity contribution is -0.161. The summed E-state index contributed by atoms with van der Waals surface area (Å²) in [7, 11) is -6.72. The third-order valence-corrected chi connectivity index (χ3v) is 17.8. The summed E-state index contributed by atoms with van der Waals surface area (Å²) < 4.78 is 24.1. The Morgan fingerprint density at radius 2 is 1.76 bits per heavy atom. The van der Waals surface area contributed by atoms with Gasteiger partial charge in [0.15, 0.2) is 11.8 Å². The van der Waals surface area contributed by atoms with E-state index in [0.29, 0.717) is 12.8 Å². The van der Waals surface area contributed by atoms with Crippen molar-refractivity contribution in [3.8, 4) is 0 Å². The minimum absolute atomic E-state index is 0.274. The van der Waals surface area contributed by atoms with Crippen LogP contribution in [0.15, 0.2) is 12.7 Å². The van der Waals surface area contributed by atoms with E-state index in [1.807, 2.05) is 0 Å². The van der Waals surface area contributed by atoms with Crippen LogP contribution in [0, 0.1) is 5.92 Å². The molecule has 0 amide bonds. The SMILES string of the molecule is C=CC(=O)C(N)C(=O)OC1CC(CC[Si]2(C)O[Si](C)(C)O[Si](C)(C)O2)CCC1O. The van der Waals surface area contributed by atoms with Crippen LogP contribution in [0.2, 0.25) is 38.8 Å². The van der Waals surface area contributed by atoms with E-state index >= 15 is 0 Å². The van der Waals surface area contributed by atoms with Crippen molar-refractivity contribution in [1.82, 2.24) is 0 Å². The second kappa shape index (κ2) is 9.22. The van der Waals surface area contributed by atoms with E-state index in [4.69, 9.17) is 22.8 Å². The minimum Gasteiger partial charge on any atom is -0.458 e. The van der Waals surface area contributed by atoms with Gasteiger partial charge in [-0.2, -0.15) is 0 Å². The lowest BCUT2D eigenvalue weighted by atomic mass is 9.84. The molecule has 2 rings (SSSR count). The molecule has 0 spiro atoms. The molecule has 1 aliphatic heterocycles. The van der Waals surface area contributed by atoms with E-state index in [-0.39, 0.29) is 5.92 Å². The summed E-state index contributed by atoms with van der Waals surface area (Å²) in [5.41, 5.74) is 5.58. The molecule has 4 unspecified atom stereocenters. The van der Waals surface area contributed by atoms with Crippen molar-refractivity contribution in [3.05, 3.63) is 12.7 Å². The minimum atomic E-state index is -2.35. The van der Waals surface area contributed by atoms with E-state index in [1.165, 1.54) is 0 Å². The van der Waals surface area contributed by atoms with Gasteiger partial charge in [0.25, 0.3) is 0 Å². The monoisotopic (exact) mass is 461 g/mol. The molecule has 0 aromatic rings. The molecule has 1 heterocycles. The highest BCUT2D eigenvalue weighted by molar-refractivity contribution is 6.92. The summed E-state index contributed by atoms with van der Waals surface area (Å²) >= 11 is 0. The standard InChI is InChI=1S/C18H35NO7Si3/c1-7-14(20)17(19)18(22)23-16-12-13(8-9-15(16)21)10-11-29(6)25-27(2,3)24-28(4,5)26-29/h7,13,15-17,21H,1,8-12,19H2,2-6H3. The highest BCUT2D eigenvalue weighted by atomic mass is 28.5. The Morgan fingerprint density at radius 3 is 2.31 bits per heavy atom. The Kier molecular flexibility index (Phi) is 7.82. The first-order valence-electron chi connectivity index (χ1n) is 10.2. The molecule has 8 nitrogen and oxygen atoms in total. The molecule has 0 aromatic heterocycles. The van der Waals surface area contributed by atoms with E-state index in [9.17, 15) is 14.7 Å². The third kappa shape index (κ3) is 6.92. The summed E-state index contributed by atoms with van der Waals surface area (Å²) in [6.45, 7) is 13.7. The molecular weight excluding hydrogens is 426 g/mol. The fraction of sp³-hybridized carbons (Fsp3) is 0.778. The third-order valence-electron chi connectivity index (χ3n) is 5.32. The van der Waals surface area contributed by atoms with Crippen molar-refractivity contribution >= 4 is 37.4 Å². The normalized spacial score (nSPS) is 31.5. The number of ketones is 1. The molecule has 2 aliphatic rings. The van der Waals surface area contributed by atoms with Crippen LogP contribution >= 0.6 is 0 Å². The molecule has 0 aromatic carbocycles. The average molecular weight is 462 g/mol. The molecule has 166 valence electrons. The molecule has 0 radical (unpaired) electrons. The van der Waals surface area contributed by atoms with Crippen molar-refractivity contribution in [2.45, 2.75) is 82.7 Å². The maximum atomic E-state index is 12.1. The average Bonchev–Trinajstić information content (AvgIpc) is 2.57. The first-order chi connectivity index (χ1) is 13.3. The molecule has 1 saturated heterocycles. The van der Waals surface area contributed by atoms with Gasteiger partial charge in [0.2, 0.25) is 0 Å². The Hall–Kier alpha value is -0.669. The van der Waals surface area contributed by atoms with Crippen LogP contribution in [0.5, 0.6) is 0 Å². The second-order valence-corrected chi connectivity index (χ2v) is 19.9. The van der Waals surface area contributed by atoms with Crippen LogP contribution in [0.1, 0.15) is 25.7 Å². The highest BCUT2D eigenvalue weighted by Gasteiger charge is 2.52. The number of hydrogen-bond acceptors (Lipinski definition) is 8. The first kappa shape index (κ1) is 24.6. The van der Waals surface area contributed by atoms with Crippen LogP contribution < -0.4 is 5.73 Å². The quantitative estimate of drug-likeness (QED) is 0.256. The van der Waals surface area contributed by atoms with Crippen molar-refractivity contribution < 1.29 is 31.8 Å². The van der Waals surface area contributed by atoms with Crippen molar-refractivity contribution in [1.29, 1.82) is 0 Å². The second-order valence-electron chi connectivity index (χ2n) is 9.08. The van der Waals surface area contributed by atoms with Gasteiger partial charge in [0, 0.05) is 0 Å². The van der Waals surface area contributed by atoms with E-state index in [0.717, 1.165) is 25.0 Å². The number of ether oxygens (including phenoxy) is 1. The molecular formula is C18H35NO7Si3. The Balaban J connectivity index is 1.94. The van der Waals surface area contributed by atoms with Gasteiger partial charge in [-0.3, -0.25) is 4.79 Å². The Labute approximate surface area is 176 Å². The lowest BCUT2D eigenvalue weighted by Crippen LogP contribution is -2.65. The smallest absolute Gasteiger partial charge is 0.331 e. The molecule has 4 atom stereocenters. The predicted molar refractivity (Wildman–Crippen MR) is 116 cm³/mol. The van der Waals surface area contributed by atoms with Crippen molar-refractivity contribution in [2.24, 2.45) is 11.7 Å². The number of aliphatic hydroxyl groups excluding tert-OH is 1. The van der Waals surface area contributed by atoms with Gasteiger partial charge < -0.3 is 27.9 Å². The maximum absolute atomic E-state index is 12.1. The van der Waals surface area contributed by atoms with Gasteiger partial charge in [-0.15, -0.1) is 0 Å². The van der Waals surface area contributed by atoms with E-state index in [2.05, 4.69) is 39.3 Å². The predicted octanol–water partition coefficient (Wildman–Crippen LogP) is 2.07. The van der Waals surface area contributed by atoms with Gasteiger partial charge in [-0.25, -0.2) is 4.79 Å². The van der Waals surface area contributed by atoms with Crippen LogP contribution in [0.4, 0.5) is 0 Å². The van der Waals surface area contributed by atoms with Crippen LogP contribution in [-0.4, -0.2) is 60.8 Å².